The fourth-order valence-corrected chi connectivity index (χ4v) is 2.54. The Morgan fingerprint density at radius 3 is 2.55 bits per heavy atom. The SMILES string of the molecule is O=C(NCCCCCN1CCCC1)Nc1ccccc1. The lowest BCUT2D eigenvalue weighted by Crippen LogP contribution is -2.29. The van der Waals surface area contributed by atoms with Crippen LogP contribution in [0.3, 0.4) is 0 Å². The zero-order valence-corrected chi connectivity index (χ0v) is 12.1. The van der Waals surface area contributed by atoms with E-state index >= 15 is 0 Å². The number of carbonyl (C=O) groups is 1. The van der Waals surface area contributed by atoms with Crippen LogP contribution in [-0.2, 0) is 0 Å². The number of nitrogens with one attached hydrogen (secondary N) is 2. The van der Waals surface area contributed by atoms with Crippen molar-refractivity contribution in [3.8, 4) is 0 Å². The first-order valence-corrected chi connectivity index (χ1v) is 7.67. The third kappa shape index (κ3) is 5.61. The molecule has 1 aromatic rings. The third-order valence-electron chi connectivity index (χ3n) is 3.67. The Balaban J connectivity index is 1.47. The highest BCUT2D eigenvalue weighted by atomic mass is 16.2. The molecule has 1 aromatic carbocycles. The molecule has 0 atom stereocenters. The lowest BCUT2D eigenvalue weighted by atomic mass is 10.2. The first-order valence-electron chi connectivity index (χ1n) is 7.67. The van der Waals surface area contributed by atoms with Gasteiger partial charge in [-0.05, 0) is 57.5 Å². The highest BCUT2D eigenvalue weighted by Gasteiger charge is 2.09. The number of hydrogen-bond acceptors (Lipinski definition) is 2. The van der Waals surface area contributed by atoms with Crippen LogP contribution in [0, 0.1) is 0 Å². The molecule has 2 rings (SSSR count). The third-order valence-corrected chi connectivity index (χ3v) is 3.67. The van der Waals surface area contributed by atoms with Gasteiger partial charge >= 0.3 is 6.03 Å². The summed E-state index contributed by atoms with van der Waals surface area (Å²) in [6.45, 7) is 4.52. The lowest BCUT2D eigenvalue weighted by molar-refractivity contribution is 0.251. The summed E-state index contributed by atoms with van der Waals surface area (Å²) >= 11 is 0. The van der Waals surface area contributed by atoms with E-state index in [1.165, 1.54) is 45.3 Å². The lowest BCUT2D eigenvalue weighted by Gasteiger charge is -2.13. The minimum absolute atomic E-state index is 0.115. The van der Waals surface area contributed by atoms with E-state index in [2.05, 4.69) is 15.5 Å². The number of urea groups is 1. The Kier molecular flexibility index (Phi) is 6.38. The molecule has 1 fully saturated rings. The summed E-state index contributed by atoms with van der Waals surface area (Å²) in [6.07, 6.45) is 6.20. The normalized spacial score (nSPS) is 15.2. The summed E-state index contributed by atoms with van der Waals surface area (Å²) in [5.41, 5.74) is 0.832. The predicted octanol–water partition coefficient (Wildman–Crippen LogP) is 3.07. The van der Waals surface area contributed by atoms with Crippen LogP contribution >= 0.6 is 0 Å². The van der Waals surface area contributed by atoms with Crippen molar-refractivity contribution < 1.29 is 4.79 Å². The molecule has 4 heteroatoms. The minimum Gasteiger partial charge on any atom is -0.338 e. The summed E-state index contributed by atoms with van der Waals surface area (Å²) in [5.74, 6) is 0. The number of nitrogens with zero attached hydrogens (tertiary/aromatic N) is 1. The van der Waals surface area contributed by atoms with Crippen molar-refractivity contribution >= 4 is 11.7 Å². The second-order valence-corrected chi connectivity index (χ2v) is 5.36. The van der Waals surface area contributed by atoms with Crippen LogP contribution in [0.1, 0.15) is 32.1 Å². The Morgan fingerprint density at radius 1 is 1.05 bits per heavy atom. The van der Waals surface area contributed by atoms with E-state index in [4.69, 9.17) is 0 Å². The van der Waals surface area contributed by atoms with Gasteiger partial charge in [0.1, 0.15) is 0 Å². The fourth-order valence-electron chi connectivity index (χ4n) is 2.54. The van der Waals surface area contributed by atoms with Gasteiger partial charge in [-0.25, -0.2) is 4.79 Å². The summed E-state index contributed by atoms with van der Waals surface area (Å²) < 4.78 is 0. The molecule has 0 bridgehead atoms. The second kappa shape index (κ2) is 8.59. The maximum atomic E-state index is 11.6. The van der Waals surface area contributed by atoms with Crippen LogP contribution < -0.4 is 10.6 Å². The van der Waals surface area contributed by atoms with Crippen molar-refractivity contribution in [1.82, 2.24) is 10.2 Å². The average Bonchev–Trinajstić information content (AvgIpc) is 2.97. The molecular weight excluding hydrogens is 250 g/mol. The highest BCUT2D eigenvalue weighted by Crippen LogP contribution is 2.08. The van der Waals surface area contributed by atoms with Crippen molar-refractivity contribution in [2.75, 3.05) is 31.5 Å². The summed E-state index contributed by atoms with van der Waals surface area (Å²) in [7, 11) is 0. The summed E-state index contributed by atoms with van der Waals surface area (Å²) in [5, 5.41) is 5.72. The Hall–Kier alpha value is -1.55. The van der Waals surface area contributed by atoms with E-state index in [0.717, 1.165) is 18.7 Å². The number of amides is 2. The van der Waals surface area contributed by atoms with E-state index in [1.807, 2.05) is 30.3 Å². The highest BCUT2D eigenvalue weighted by molar-refractivity contribution is 5.89. The topological polar surface area (TPSA) is 44.4 Å². The van der Waals surface area contributed by atoms with Crippen molar-refractivity contribution in [2.45, 2.75) is 32.1 Å². The molecule has 4 nitrogen and oxygen atoms in total. The number of unbranched alkanes of at least 4 members (excludes halogenated alkanes) is 2. The van der Waals surface area contributed by atoms with E-state index in [1.54, 1.807) is 0 Å². The number of hydrogen-bond donors (Lipinski definition) is 2. The maximum absolute atomic E-state index is 11.6. The van der Waals surface area contributed by atoms with Gasteiger partial charge in [-0.1, -0.05) is 24.6 Å². The monoisotopic (exact) mass is 275 g/mol. The molecule has 0 unspecified atom stereocenters. The molecule has 0 radical (unpaired) electrons. The Morgan fingerprint density at radius 2 is 1.80 bits per heavy atom. The van der Waals surface area contributed by atoms with E-state index < -0.39 is 0 Å². The van der Waals surface area contributed by atoms with E-state index in [0.29, 0.717) is 0 Å². The molecule has 1 saturated heterocycles. The first kappa shape index (κ1) is 14.9. The van der Waals surface area contributed by atoms with Crippen molar-refractivity contribution in [2.24, 2.45) is 0 Å². The molecule has 1 aliphatic heterocycles. The van der Waals surface area contributed by atoms with Crippen LogP contribution in [0.5, 0.6) is 0 Å². The molecule has 20 heavy (non-hydrogen) atoms. The molecule has 0 aliphatic carbocycles. The van der Waals surface area contributed by atoms with Gasteiger partial charge in [0.15, 0.2) is 0 Å². The molecular formula is C16H25N3O. The zero-order chi connectivity index (χ0) is 14.0. The second-order valence-electron chi connectivity index (χ2n) is 5.36. The van der Waals surface area contributed by atoms with Crippen molar-refractivity contribution in [1.29, 1.82) is 0 Å². The number of rotatable bonds is 7. The van der Waals surface area contributed by atoms with Gasteiger partial charge in [-0.15, -0.1) is 0 Å². The number of anilines is 1. The van der Waals surface area contributed by atoms with Crippen LogP contribution in [0.15, 0.2) is 30.3 Å². The molecule has 1 heterocycles. The number of para-hydroxylation sites is 1. The Labute approximate surface area is 121 Å². The molecule has 0 saturated carbocycles. The standard InChI is InChI=1S/C16H25N3O/c20-16(18-15-9-3-1-4-10-15)17-11-5-2-6-12-19-13-7-8-14-19/h1,3-4,9-10H,2,5-8,11-14H2,(H2,17,18,20). The van der Waals surface area contributed by atoms with E-state index in [9.17, 15) is 4.79 Å². The summed E-state index contributed by atoms with van der Waals surface area (Å²) in [4.78, 5) is 14.2. The minimum atomic E-state index is -0.115. The van der Waals surface area contributed by atoms with E-state index in [-0.39, 0.29) is 6.03 Å². The zero-order valence-electron chi connectivity index (χ0n) is 12.1. The van der Waals surface area contributed by atoms with Gasteiger partial charge in [-0.2, -0.15) is 0 Å². The van der Waals surface area contributed by atoms with Gasteiger partial charge in [-0.3, -0.25) is 0 Å². The van der Waals surface area contributed by atoms with Gasteiger partial charge in [0, 0.05) is 12.2 Å². The van der Waals surface area contributed by atoms with Crippen LogP contribution in [0.4, 0.5) is 10.5 Å². The van der Waals surface area contributed by atoms with Gasteiger partial charge in [0.05, 0.1) is 0 Å². The van der Waals surface area contributed by atoms with Crippen LogP contribution in [0.25, 0.3) is 0 Å². The van der Waals surface area contributed by atoms with Crippen molar-refractivity contribution in [3.05, 3.63) is 30.3 Å². The molecule has 1 aliphatic rings. The average molecular weight is 275 g/mol. The number of carbonyl (C=O) groups excluding carboxylic acids is 1. The van der Waals surface area contributed by atoms with Gasteiger partial charge in [0.2, 0.25) is 0 Å². The van der Waals surface area contributed by atoms with Crippen LogP contribution in [-0.4, -0.2) is 37.1 Å². The van der Waals surface area contributed by atoms with Gasteiger partial charge < -0.3 is 15.5 Å². The molecule has 2 amide bonds. The summed E-state index contributed by atoms with van der Waals surface area (Å²) in [6, 6.07) is 9.41. The number of benzene rings is 1. The molecule has 0 aromatic heterocycles. The molecule has 0 spiro atoms. The fraction of sp³-hybridized carbons (Fsp3) is 0.562. The predicted molar refractivity (Wildman–Crippen MR) is 83.0 cm³/mol. The smallest absolute Gasteiger partial charge is 0.319 e. The molecule has 2 N–H and O–H groups in total. The number of likely N-dealkylation sites (tertiary alicyclic amines) is 1. The van der Waals surface area contributed by atoms with Gasteiger partial charge in [0.25, 0.3) is 0 Å². The molecule has 110 valence electrons. The largest absolute Gasteiger partial charge is 0.338 e. The van der Waals surface area contributed by atoms with Crippen molar-refractivity contribution in [3.63, 3.8) is 0 Å². The Bertz CT molecular complexity index is 388. The first-order chi connectivity index (χ1) is 9.84. The maximum Gasteiger partial charge on any atom is 0.319 e. The van der Waals surface area contributed by atoms with Crippen LogP contribution in [0.2, 0.25) is 0 Å². The quantitative estimate of drug-likeness (QED) is 0.751.